The lowest BCUT2D eigenvalue weighted by atomic mass is 10.0. The van der Waals surface area contributed by atoms with Crippen LogP contribution in [-0.4, -0.2) is 45.1 Å². The summed E-state index contributed by atoms with van der Waals surface area (Å²) >= 11 is 0. The zero-order valence-corrected chi connectivity index (χ0v) is 56.9. The predicted molar refractivity (Wildman–Crippen MR) is 362 cm³/mol. The lowest BCUT2D eigenvalue weighted by Crippen LogP contribution is -1.92. The van der Waals surface area contributed by atoms with E-state index in [4.69, 9.17) is 16.5 Å². The third kappa shape index (κ3) is 33.5. The fourth-order valence-electron chi connectivity index (χ4n) is 6.86. The van der Waals surface area contributed by atoms with Crippen molar-refractivity contribution in [1.29, 1.82) is 0 Å². The summed E-state index contributed by atoms with van der Waals surface area (Å²) in [5.41, 5.74) is 18.7. The lowest BCUT2D eigenvalue weighted by molar-refractivity contribution is -0.134. The number of pyridine rings is 4. The number of nitrogens with zero attached hydrogens (tertiary/aromatic N) is 5. The van der Waals surface area contributed by atoms with Crippen LogP contribution in [0.2, 0.25) is 0 Å². The average Bonchev–Trinajstić information content (AvgIpc) is 3.50. The zero-order chi connectivity index (χ0) is 64.0. The van der Waals surface area contributed by atoms with Crippen molar-refractivity contribution in [3.8, 4) is 0 Å². The number of aromatic nitrogens is 4. The predicted octanol–water partition coefficient (Wildman–Crippen LogP) is 22.1. The summed E-state index contributed by atoms with van der Waals surface area (Å²) in [5.74, 6) is -0.833. The number of benzene rings is 4. The number of aryl methyl sites for hydroxylation is 12. The molecular formula is C71H118N6O2. The molecule has 0 unspecified atom stereocenters. The molecule has 444 valence electrons. The Balaban J connectivity index is -0.000000124. The van der Waals surface area contributed by atoms with Crippen molar-refractivity contribution in [3.63, 3.8) is 0 Å². The van der Waals surface area contributed by atoms with Gasteiger partial charge >= 0.3 is 0 Å². The molecule has 8 rings (SSSR count). The summed E-state index contributed by atoms with van der Waals surface area (Å²) in [7, 11) is 2.92. The largest absolute Gasteiger partial charge is 0.481 e. The summed E-state index contributed by atoms with van der Waals surface area (Å²) < 4.78 is 0. The maximum atomic E-state index is 9.00. The molecule has 0 aliphatic carbocycles. The Labute approximate surface area is 487 Å². The van der Waals surface area contributed by atoms with Gasteiger partial charge in [0.15, 0.2) is 0 Å². The molecule has 0 atom stereocenters. The molecule has 4 aromatic heterocycles. The topological polar surface area (TPSA) is 119 Å². The molecule has 0 saturated heterocycles. The number of carboxylic acid groups (broad SMARTS) is 1. The molecule has 0 amide bonds. The Morgan fingerprint density at radius 2 is 0.430 bits per heavy atom. The number of hydrogen-bond acceptors (Lipinski definition) is 6. The standard InChI is InChI=1S/4C12H13N.C2H3N.C2H4O2.9C2H6.CH5N/c4*1-8-9(2)13-10(3)12-7-5-4-6-11(8)12;1-3-2;1-2(3)4;10*1-2/h4*4-7H,1-3H3;1H3;1H3,(H,3,4);9*1-2H3;2H2,1H3. The summed E-state index contributed by atoms with van der Waals surface area (Å²) in [6.45, 7) is 67.9. The van der Waals surface area contributed by atoms with Crippen LogP contribution in [0.4, 0.5) is 0 Å². The van der Waals surface area contributed by atoms with Gasteiger partial charge in [0.2, 0.25) is 7.05 Å². The van der Waals surface area contributed by atoms with Crippen molar-refractivity contribution in [1.82, 2.24) is 19.9 Å². The van der Waals surface area contributed by atoms with E-state index in [9.17, 15) is 0 Å². The maximum Gasteiger partial charge on any atom is 0.300 e. The minimum atomic E-state index is -0.833. The van der Waals surface area contributed by atoms with Crippen molar-refractivity contribution >= 4 is 49.1 Å². The quantitative estimate of drug-likeness (QED) is 0.145. The highest BCUT2D eigenvalue weighted by Gasteiger charge is 2.06. The normalized spacial score (nSPS) is 8.22. The van der Waals surface area contributed by atoms with Crippen LogP contribution in [-0.2, 0) is 4.79 Å². The van der Waals surface area contributed by atoms with Crippen molar-refractivity contribution in [3.05, 3.63) is 176 Å². The Morgan fingerprint density at radius 3 is 0.544 bits per heavy atom. The molecule has 0 spiro atoms. The first-order valence-corrected chi connectivity index (χ1v) is 29.3. The van der Waals surface area contributed by atoms with Crippen LogP contribution in [0.25, 0.3) is 47.9 Å². The zero-order valence-electron chi connectivity index (χ0n) is 56.9. The first-order valence-electron chi connectivity index (χ1n) is 29.3. The van der Waals surface area contributed by atoms with Gasteiger partial charge in [0.1, 0.15) is 0 Å². The molecule has 8 heteroatoms. The summed E-state index contributed by atoms with van der Waals surface area (Å²) in [4.78, 5) is 29.8. The average molecular weight is 1090 g/mol. The van der Waals surface area contributed by atoms with E-state index >= 15 is 0 Å². The van der Waals surface area contributed by atoms with Gasteiger partial charge in [-0.3, -0.25) is 24.7 Å². The molecule has 0 fully saturated rings. The number of carboxylic acids is 1. The van der Waals surface area contributed by atoms with Crippen LogP contribution < -0.4 is 5.73 Å². The van der Waals surface area contributed by atoms with Crippen LogP contribution in [0.15, 0.2) is 97.1 Å². The van der Waals surface area contributed by atoms with Crippen LogP contribution in [0.3, 0.4) is 0 Å². The highest BCUT2D eigenvalue weighted by molar-refractivity contribution is 5.90. The van der Waals surface area contributed by atoms with E-state index in [-0.39, 0.29) is 0 Å². The second-order valence-corrected chi connectivity index (χ2v) is 14.6. The molecule has 8 aromatic rings. The molecule has 4 heterocycles. The van der Waals surface area contributed by atoms with Gasteiger partial charge in [-0.2, -0.15) is 0 Å². The maximum absolute atomic E-state index is 9.00. The van der Waals surface area contributed by atoms with Crippen LogP contribution >= 0.6 is 0 Å². The second-order valence-electron chi connectivity index (χ2n) is 14.6. The molecule has 79 heavy (non-hydrogen) atoms. The molecule has 0 radical (unpaired) electrons. The smallest absolute Gasteiger partial charge is 0.300 e. The fraction of sp³-hybridized carbons (Fsp3) is 0.465. The van der Waals surface area contributed by atoms with Crippen molar-refractivity contribution in [2.75, 3.05) is 14.1 Å². The van der Waals surface area contributed by atoms with Gasteiger partial charge < -0.3 is 15.7 Å². The van der Waals surface area contributed by atoms with Crippen LogP contribution in [0.5, 0.6) is 0 Å². The van der Waals surface area contributed by atoms with Crippen molar-refractivity contribution in [2.24, 2.45) is 5.73 Å². The first-order chi connectivity index (χ1) is 37.9. The summed E-state index contributed by atoms with van der Waals surface area (Å²) in [5, 5.41) is 17.8. The third-order valence-electron chi connectivity index (χ3n) is 10.4. The van der Waals surface area contributed by atoms with E-state index < -0.39 is 5.97 Å². The molecule has 0 saturated carbocycles. The molecule has 3 N–H and O–H groups in total. The lowest BCUT2D eigenvalue weighted by Gasteiger charge is -2.07. The molecular weight excluding hydrogens is 969 g/mol. The molecule has 0 aliphatic heterocycles. The van der Waals surface area contributed by atoms with E-state index in [2.05, 4.69) is 211 Å². The van der Waals surface area contributed by atoms with Gasteiger partial charge in [0.25, 0.3) is 5.97 Å². The van der Waals surface area contributed by atoms with E-state index in [0.717, 1.165) is 52.5 Å². The number of hydrogen-bond donors (Lipinski definition) is 2. The second kappa shape index (κ2) is 59.1. The Hall–Kier alpha value is -6.56. The number of rotatable bonds is 0. The van der Waals surface area contributed by atoms with E-state index in [0.29, 0.717) is 0 Å². The fourth-order valence-corrected chi connectivity index (χ4v) is 6.86. The third-order valence-corrected chi connectivity index (χ3v) is 10.4. The summed E-state index contributed by atoms with van der Waals surface area (Å²) in [6.07, 6.45) is 0. The van der Waals surface area contributed by atoms with Gasteiger partial charge in [0, 0.05) is 74.0 Å². The summed E-state index contributed by atoms with van der Waals surface area (Å²) in [6, 6.07) is 33.7. The minimum Gasteiger partial charge on any atom is -0.481 e. The highest BCUT2D eigenvalue weighted by Crippen LogP contribution is 2.25. The first kappa shape index (κ1) is 89.0. The molecule has 4 aromatic carbocycles. The Bertz CT molecular complexity index is 2410. The van der Waals surface area contributed by atoms with Gasteiger partial charge in [-0.15, -0.1) is 0 Å². The van der Waals surface area contributed by atoms with E-state index in [1.54, 1.807) is 0 Å². The monoisotopic (exact) mass is 1090 g/mol. The SMILES string of the molecule is CC.CC.CC.CC.CC.CC.CC.CC.CC.CC(=O)O.CN.Cc1nc(C)c2ccccc2c1C.Cc1nc(C)c2ccccc2c1C.Cc1nc(C)c2ccccc2c1C.Cc1nc(C)c2ccccc2c1C.[C-]#[N+]C. The number of aliphatic carboxylic acids is 1. The molecule has 8 nitrogen and oxygen atoms in total. The van der Waals surface area contributed by atoms with Gasteiger partial charge in [-0.25, -0.2) is 6.57 Å². The number of carbonyl (C=O) groups is 1. The van der Waals surface area contributed by atoms with Crippen LogP contribution in [0.1, 0.15) is 199 Å². The molecule has 0 bridgehead atoms. The van der Waals surface area contributed by atoms with E-state index in [1.807, 2.05) is 125 Å². The van der Waals surface area contributed by atoms with Crippen molar-refractivity contribution in [2.45, 2.75) is 215 Å². The van der Waals surface area contributed by atoms with Crippen LogP contribution in [0, 0.1) is 89.7 Å². The molecule has 0 aliphatic rings. The Kier molecular flexibility index (Phi) is 66.6. The minimum absolute atomic E-state index is 0.833. The Morgan fingerprint density at radius 1 is 0.329 bits per heavy atom. The number of fused-ring (bicyclic) bond motifs is 4. The van der Waals surface area contributed by atoms with Crippen molar-refractivity contribution < 1.29 is 9.90 Å². The van der Waals surface area contributed by atoms with E-state index in [1.165, 1.54) is 79.4 Å². The van der Waals surface area contributed by atoms with Gasteiger partial charge in [-0.05, 0) is 134 Å². The van der Waals surface area contributed by atoms with Gasteiger partial charge in [-0.1, -0.05) is 222 Å². The highest BCUT2D eigenvalue weighted by atomic mass is 16.4. The number of nitrogens with two attached hydrogens (primary N) is 1. The van der Waals surface area contributed by atoms with Gasteiger partial charge in [0.05, 0.1) is 0 Å².